The first-order valence-electron chi connectivity index (χ1n) is 7.44. The molecular formula is C16H21N3O. The Hall–Kier alpha value is -1.84. The van der Waals surface area contributed by atoms with Crippen LogP contribution in [0.1, 0.15) is 43.2 Å². The van der Waals surface area contributed by atoms with Crippen molar-refractivity contribution in [3.63, 3.8) is 0 Å². The first-order valence-corrected chi connectivity index (χ1v) is 7.44. The number of aromatic nitrogens is 2. The van der Waals surface area contributed by atoms with Crippen molar-refractivity contribution >= 4 is 5.82 Å². The van der Waals surface area contributed by atoms with Crippen LogP contribution < -0.4 is 5.32 Å². The van der Waals surface area contributed by atoms with E-state index in [-0.39, 0.29) is 0 Å². The maximum Gasteiger partial charge on any atom is 0.133 e. The molecule has 0 bridgehead atoms. The molecule has 2 aromatic heterocycles. The highest BCUT2D eigenvalue weighted by Crippen LogP contribution is 2.24. The summed E-state index contributed by atoms with van der Waals surface area (Å²) in [5, 5.41) is 3.52. The first-order chi connectivity index (χ1) is 9.83. The predicted molar refractivity (Wildman–Crippen MR) is 78.8 cm³/mol. The van der Waals surface area contributed by atoms with Gasteiger partial charge in [-0.2, -0.15) is 0 Å². The fourth-order valence-corrected chi connectivity index (χ4v) is 2.84. The number of hydrogen-bond donors (Lipinski definition) is 1. The summed E-state index contributed by atoms with van der Waals surface area (Å²) in [6.45, 7) is 2.16. The monoisotopic (exact) mass is 271 g/mol. The molecule has 0 amide bonds. The minimum absolute atomic E-state index is 0.295. The van der Waals surface area contributed by atoms with Gasteiger partial charge in [-0.05, 0) is 44.7 Å². The minimum Gasteiger partial charge on any atom is -0.469 e. The number of nitrogens with one attached hydrogen (secondary N) is 1. The molecule has 4 nitrogen and oxygen atoms in total. The highest BCUT2D eigenvalue weighted by atomic mass is 16.3. The lowest BCUT2D eigenvalue weighted by atomic mass is 10.1. The largest absolute Gasteiger partial charge is 0.469 e. The lowest BCUT2D eigenvalue weighted by molar-refractivity contribution is 0.497. The average Bonchev–Trinajstić information content (AvgIpc) is 2.81. The van der Waals surface area contributed by atoms with E-state index in [0.717, 1.165) is 30.8 Å². The van der Waals surface area contributed by atoms with E-state index in [2.05, 4.69) is 22.2 Å². The summed E-state index contributed by atoms with van der Waals surface area (Å²) >= 11 is 0. The van der Waals surface area contributed by atoms with Crippen LogP contribution in [0.4, 0.5) is 5.82 Å². The molecule has 0 saturated carbocycles. The highest BCUT2D eigenvalue weighted by molar-refractivity contribution is 5.47. The third kappa shape index (κ3) is 3.00. The van der Waals surface area contributed by atoms with Gasteiger partial charge in [-0.1, -0.05) is 6.42 Å². The molecule has 0 saturated heterocycles. The SMILES string of the molecule is CC(Cc1ccco1)Nc1ncnc2c1CCCCC2. The Morgan fingerprint density at radius 2 is 2.15 bits per heavy atom. The zero-order valence-electron chi connectivity index (χ0n) is 11.9. The van der Waals surface area contributed by atoms with Crippen LogP contribution in [0.3, 0.4) is 0 Å². The van der Waals surface area contributed by atoms with E-state index in [0.29, 0.717) is 6.04 Å². The van der Waals surface area contributed by atoms with Crippen molar-refractivity contribution in [1.82, 2.24) is 9.97 Å². The van der Waals surface area contributed by atoms with Crippen LogP contribution in [-0.4, -0.2) is 16.0 Å². The summed E-state index contributed by atoms with van der Waals surface area (Å²) in [5.74, 6) is 2.01. The molecule has 0 spiro atoms. The van der Waals surface area contributed by atoms with Gasteiger partial charge in [-0.3, -0.25) is 0 Å². The number of hydrogen-bond acceptors (Lipinski definition) is 4. The molecule has 1 aliphatic carbocycles. The van der Waals surface area contributed by atoms with Gasteiger partial charge in [0, 0.05) is 23.7 Å². The van der Waals surface area contributed by atoms with Crippen LogP contribution in [0, 0.1) is 0 Å². The van der Waals surface area contributed by atoms with Gasteiger partial charge >= 0.3 is 0 Å². The smallest absolute Gasteiger partial charge is 0.133 e. The summed E-state index contributed by atoms with van der Waals surface area (Å²) in [6.07, 6.45) is 10.2. The van der Waals surface area contributed by atoms with Gasteiger partial charge in [0.15, 0.2) is 0 Å². The second-order valence-electron chi connectivity index (χ2n) is 5.54. The van der Waals surface area contributed by atoms with E-state index < -0.39 is 0 Å². The molecule has 2 aromatic rings. The summed E-state index contributed by atoms with van der Waals surface area (Å²) in [5.41, 5.74) is 2.54. The van der Waals surface area contributed by atoms with Gasteiger partial charge in [-0.25, -0.2) is 9.97 Å². The van der Waals surface area contributed by atoms with E-state index in [9.17, 15) is 0 Å². The molecule has 1 N–H and O–H groups in total. The molecule has 0 radical (unpaired) electrons. The van der Waals surface area contributed by atoms with Crippen molar-refractivity contribution in [2.75, 3.05) is 5.32 Å². The molecule has 2 heterocycles. The number of fused-ring (bicyclic) bond motifs is 1. The Labute approximate surface area is 119 Å². The van der Waals surface area contributed by atoms with Crippen LogP contribution in [0.25, 0.3) is 0 Å². The number of furan rings is 1. The minimum atomic E-state index is 0.295. The Morgan fingerprint density at radius 3 is 3.00 bits per heavy atom. The van der Waals surface area contributed by atoms with E-state index in [1.165, 1.54) is 30.5 Å². The molecule has 0 aliphatic heterocycles. The molecule has 1 atom stereocenters. The number of rotatable bonds is 4. The Morgan fingerprint density at radius 1 is 1.25 bits per heavy atom. The molecule has 0 fully saturated rings. The fourth-order valence-electron chi connectivity index (χ4n) is 2.84. The topological polar surface area (TPSA) is 51.0 Å². The fraction of sp³-hybridized carbons (Fsp3) is 0.500. The van der Waals surface area contributed by atoms with E-state index in [4.69, 9.17) is 4.42 Å². The van der Waals surface area contributed by atoms with Crippen molar-refractivity contribution in [1.29, 1.82) is 0 Å². The third-order valence-electron chi connectivity index (χ3n) is 3.85. The van der Waals surface area contributed by atoms with Gasteiger partial charge in [0.25, 0.3) is 0 Å². The van der Waals surface area contributed by atoms with Gasteiger partial charge in [-0.15, -0.1) is 0 Å². The lowest BCUT2D eigenvalue weighted by Gasteiger charge is -2.17. The van der Waals surface area contributed by atoms with Crippen molar-refractivity contribution in [2.24, 2.45) is 0 Å². The first kappa shape index (κ1) is 13.2. The van der Waals surface area contributed by atoms with E-state index >= 15 is 0 Å². The number of anilines is 1. The second kappa shape index (κ2) is 6.07. The van der Waals surface area contributed by atoms with Crippen molar-refractivity contribution in [3.05, 3.63) is 41.7 Å². The Kier molecular flexibility index (Phi) is 4.00. The molecule has 3 rings (SSSR count). The zero-order valence-corrected chi connectivity index (χ0v) is 11.9. The quantitative estimate of drug-likeness (QED) is 0.866. The summed E-state index contributed by atoms with van der Waals surface area (Å²) in [6, 6.07) is 4.24. The molecule has 1 aliphatic rings. The van der Waals surface area contributed by atoms with Crippen LogP contribution in [0.2, 0.25) is 0 Å². The van der Waals surface area contributed by atoms with Crippen LogP contribution >= 0.6 is 0 Å². The van der Waals surface area contributed by atoms with Crippen LogP contribution in [0.5, 0.6) is 0 Å². The van der Waals surface area contributed by atoms with Gasteiger partial charge in [0.2, 0.25) is 0 Å². The molecule has 0 aromatic carbocycles. The van der Waals surface area contributed by atoms with Crippen LogP contribution in [0.15, 0.2) is 29.1 Å². The number of aryl methyl sites for hydroxylation is 1. The van der Waals surface area contributed by atoms with Gasteiger partial charge in [0.1, 0.15) is 17.9 Å². The van der Waals surface area contributed by atoms with E-state index in [1.807, 2.05) is 12.1 Å². The summed E-state index contributed by atoms with van der Waals surface area (Å²) in [7, 11) is 0. The maximum atomic E-state index is 5.40. The maximum absolute atomic E-state index is 5.40. The predicted octanol–water partition coefficient (Wildman–Crippen LogP) is 3.38. The summed E-state index contributed by atoms with van der Waals surface area (Å²) < 4.78 is 5.40. The molecule has 20 heavy (non-hydrogen) atoms. The standard InChI is InChI=1S/C16H21N3O/c1-12(10-13-6-5-9-20-13)19-16-14-7-3-2-4-8-15(14)17-11-18-16/h5-6,9,11-12H,2-4,7-8,10H2,1H3,(H,17,18,19). The average molecular weight is 271 g/mol. The second-order valence-corrected chi connectivity index (χ2v) is 5.54. The number of nitrogens with zero attached hydrogens (tertiary/aromatic N) is 2. The highest BCUT2D eigenvalue weighted by Gasteiger charge is 2.16. The zero-order chi connectivity index (χ0) is 13.8. The molecule has 4 heteroatoms. The van der Waals surface area contributed by atoms with Gasteiger partial charge < -0.3 is 9.73 Å². The molecule has 106 valence electrons. The van der Waals surface area contributed by atoms with Gasteiger partial charge in [0.05, 0.1) is 6.26 Å². The van der Waals surface area contributed by atoms with Crippen LogP contribution in [-0.2, 0) is 19.3 Å². The van der Waals surface area contributed by atoms with E-state index in [1.54, 1.807) is 12.6 Å². The van der Waals surface area contributed by atoms with Crippen molar-refractivity contribution < 1.29 is 4.42 Å². The summed E-state index contributed by atoms with van der Waals surface area (Å²) in [4.78, 5) is 8.90. The van der Waals surface area contributed by atoms with Crippen molar-refractivity contribution in [3.8, 4) is 0 Å². The van der Waals surface area contributed by atoms with Crippen molar-refractivity contribution in [2.45, 2.75) is 51.5 Å². The lowest BCUT2D eigenvalue weighted by Crippen LogP contribution is -2.20. The normalized spacial score (nSPS) is 16.2. The molecular weight excluding hydrogens is 250 g/mol. The third-order valence-corrected chi connectivity index (χ3v) is 3.85. The molecule has 1 unspecified atom stereocenters. The Balaban J connectivity index is 1.73. The Bertz CT molecular complexity index is 551.